The summed E-state index contributed by atoms with van der Waals surface area (Å²) >= 11 is 0. The minimum absolute atomic E-state index is 0.0313. The summed E-state index contributed by atoms with van der Waals surface area (Å²) in [6, 6.07) is 4.01. The van der Waals surface area contributed by atoms with E-state index in [-0.39, 0.29) is 11.3 Å². The quantitative estimate of drug-likeness (QED) is 0.838. The van der Waals surface area contributed by atoms with Gasteiger partial charge in [0.25, 0.3) is 0 Å². The Balaban J connectivity index is 2.49. The van der Waals surface area contributed by atoms with Gasteiger partial charge in [0.15, 0.2) is 0 Å². The third-order valence-electron chi connectivity index (χ3n) is 2.57. The Bertz CT molecular complexity index is 365. The molecular weight excluding hydrogens is 214 g/mol. The van der Waals surface area contributed by atoms with Crippen LogP contribution in [-0.2, 0) is 10.2 Å². The average molecular weight is 235 g/mol. The van der Waals surface area contributed by atoms with Crippen LogP contribution < -0.4 is 10.6 Å². The smallest absolute Gasteiger partial charge is 0.221 e. The largest absolute Gasteiger partial charge is 0.370 e. The van der Waals surface area contributed by atoms with E-state index in [0.29, 0.717) is 13.0 Å². The van der Waals surface area contributed by atoms with Gasteiger partial charge in [0, 0.05) is 26.2 Å². The van der Waals surface area contributed by atoms with Crippen LogP contribution >= 0.6 is 0 Å². The van der Waals surface area contributed by atoms with Crippen molar-refractivity contribution in [1.29, 1.82) is 0 Å². The summed E-state index contributed by atoms with van der Waals surface area (Å²) in [4.78, 5) is 15.3. The molecule has 1 aromatic rings. The van der Waals surface area contributed by atoms with Crippen molar-refractivity contribution >= 4 is 11.7 Å². The molecule has 0 aliphatic carbocycles. The highest BCUT2D eigenvalue weighted by Crippen LogP contribution is 2.21. The van der Waals surface area contributed by atoms with Crippen LogP contribution in [0.3, 0.4) is 0 Å². The second-order valence-corrected chi connectivity index (χ2v) is 5.03. The third kappa shape index (κ3) is 4.43. The molecule has 1 amide bonds. The molecule has 1 aromatic heterocycles. The van der Waals surface area contributed by atoms with E-state index in [1.54, 1.807) is 7.05 Å². The monoisotopic (exact) mass is 235 g/mol. The van der Waals surface area contributed by atoms with E-state index in [0.717, 1.165) is 5.82 Å². The Morgan fingerprint density at radius 3 is 2.53 bits per heavy atom. The molecule has 0 spiro atoms. The summed E-state index contributed by atoms with van der Waals surface area (Å²) in [5.41, 5.74) is 1.32. The van der Waals surface area contributed by atoms with Gasteiger partial charge in [0.1, 0.15) is 5.82 Å². The predicted octanol–water partition coefficient (Wildman–Crippen LogP) is 1.93. The molecule has 4 nitrogen and oxygen atoms in total. The van der Waals surface area contributed by atoms with Crippen molar-refractivity contribution in [3.8, 4) is 0 Å². The van der Waals surface area contributed by atoms with Gasteiger partial charge in [-0.2, -0.15) is 0 Å². The molecule has 94 valence electrons. The zero-order valence-electron chi connectivity index (χ0n) is 11.0. The number of nitrogens with zero attached hydrogens (tertiary/aromatic N) is 1. The van der Waals surface area contributed by atoms with Gasteiger partial charge in [-0.3, -0.25) is 4.79 Å². The fraction of sp³-hybridized carbons (Fsp3) is 0.538. The highest BCUT2D eigenvalue weighted by Gasteiger charge is 2.13. The summed E-state index contributed by atoms with van der Waals surface area (Å²) in [6.07, 6.45) is 2.33. The number of rotatable bonds is 4. The Hall–Kier alpha value is -1.58. The molecule has 17 heavy (non-hydrogen) atoms. The van der Waals surface area contributed by atoms with Gasteiger partial charge in [-0.05, 0) is 17.0 Å². The summed E-state index contributed by atoms with van der Waals surface area (Å²) in [7, 11) is 1.64. The van der Waals surface area contributed by atoms with Gasteiger partial charge in [-0.15, -0.1) is 0 Å². The van der Waals surface area contributed by atoms with Crippen LogP contribution in [0.4, 0.5) is 5.82 Å². The number of anilines is 1. The van der Waals surface area contributed by atoms with Crippen LogP contribution in [-0.4, -0.2) is 24.5 Å². The molecule has 0 bridgehead atoms. The Morgan fingerprint density at radius 1 is 1.35 bits per heavy atom. The number of hydrogen-bond donors (Lipinski definition) is 2. The Kier molecular flexibility index (Phi) is 4.49. The van der Waals surface area contributed by atoms with Crippen LogP contribution in [0.25, 0.3) is 0 Å². The number of nitrogens with one attached hydrogen (secondary N) is 2. The van der Waals surface area contributed by atoms with Crippen molar-refractivity contribution in [3.05, 3.63) is 23.9 Å². The molecule has 0 aliphatic rings. The zero-order chi connectivity index (χ0) is 12.9. The molecule has 0 aliphatic heterocycles. The van der Waals surface area contributed by atoms with Crippen molar-refractivity contribution in [2.45, 2.75) is 32.6 Å². The molecule has 0 aromatic carbocycles. The molecule has 1 rings (SSSR count). The van der Waals surface area contributed by atoms with Crippen molar-refractivity contribution in [2.75, 3.05) is 18.9 Å². The van der Waals surface area contributed by atoms with Crippen LogP contribution in [0.2, 0.25) is 0 Å². The molecule has 0 fully saturated rings. The standard InChI is InChI=1S/C13H21N3O/c1-13(2,3)10-5-6-11(16-9-10)15-8-7-12(17)14-4/h5-6,9H,7-8H2,1-4H3,(H,14,17)(H,15,16). The fourth-order valence-electron chi connectivity index (χ4n) is 1.37. The van der Waals surface area contributed by atoms with Crippen LogP contribution in [0.1, 0.15) is 32.8 Å². The molecule has 0 unspecified atom stereocenters. The molecule has 4 heteroatoms. The van der Waals surface area contributed by atoms with E-state index in [1.807, 2.05) is 12.3 Å². The van der Waals surface area contributed by atoms with Gasteiger partial charge in [0.05, 0.1) is 0 Å². The number of carbonyl (C=O) groups excluding carboxylic acids is 1. The summed E-state index contributed by atoms with van der Waals surface area (Å²) in [5, 5.41) is 5.70. The first-order valence-corrected chi connectivity index (χ1v) is 5.84. The maximum absolute atomic E-state index is 11.0. The van der Waals surface area contributed by atoms with Crippen molar-refractivity contribution in [3.63, 3.8) is 0 Å². The third-order valence-corrected chi connectivity index (χ3v) is 2.57. The van der Waals surface area contributed by atoms with E-state index < -0.39 is 0 Å². The van der Waals surface area contributed by atoms with E-state index in [9.17, 15) is 4.79 Å². The van der Waals surface area contributed by atoms with Crippen molar-refractivity contribution < 1.29 is 4.79 Å². The Morgan fingerprint density at radius 2 is 2.06 bits per heavy atom. The van der Waals surface area contributed by atoms with Crippen molar-refractivity contribution in [1.82, 2.24) is 10.3 Å². The SMILES string of the molecule is CNC(=O)CCNc1ccc(C(C)(C)C)cn1. The topological polar surface area (TPSA) is 54.0 Å². The lowest BCUT2D eigenvalue weighted by atomic mass is 9.88. The lowest BCUT2D eigenvalue weighted by Crippen LogP contribution is -2.21. The molecule has 0 saturated heterocycles. The van der Waals surface area contributed by atoms with E-state index in [4.69, 9.17) is 0 Å². The molecule has 0 atom stereocenters. The summed E-state index contributed by atoms with van der Waals surface area (Å²) < 4.78 is 0. The molecular formula is C13H21N3O. The number of carbonyl (C=O) groups is 1. The fourth-order valence-corrected chi connectivity index (χ4v) is 1.37. The maximum Gasteiger partial charge on any atom is 0.221 e. The minimum atomic E-state index is 0.0313. The first kappa shape index (κ1) is 13.5. The summed E-state index contributed by atoms with van der Waals surface area (Å²) in [6.45, 7) is 7.07. The maximum atomic E-state index is 11.0. The Labute approximate surface area is 103 Å². The van der Waals surface area contributed by atoms with Crippen molar-refractivity contribution in [2.24, 2.45) is 0 Å². The molecule has 0 saturated carbocycles. The van der Waals surface area contributed by atoms with Crippen LogP contribution in [0, 0.1) is 0 Å². The molecule has 0 radical (unpaired) electrons. The second kappa shape index (κ2) is 5.66. The number of aromatic nitrogens is 1. The lowest BCUT2D eigenvalue weighted by molar-refractivity contribution is -0.120. The average Bonchev–Trinajstić information content (AvgIpc) is 2.28. The lowest BCUT2D eigenvalue weighted by Gasteiger charge is -2.18. The zero-order valence-corrected chi connectivity index (χ0v) is 11.0. The van der Waals surface area contributed by atoms with Gasteiger partial charge >= 0.3 is 0 Å². The van der Waals surface area contributed by atoms with Crippen LogP contribution in [0.15, 0.2) is 18.3 Å². The normalized spacial score (nSPS) is 11.1. The molecule has 1 heterocycles. The number of hydrogen-bond acceptors (Lipinski definition) is 3. The molecule has 2 N–H and O–H groups in total. The number of pyridine rings is 1. The van der Waals surface area contributed by atoms with E-state index in [1.165, 1.54) is 5.56 Å². The number of amides is 1. The van der Waals surface area contributed by atoms with Gasteiger partial charge in [-0.25, -0.2) is 4.98 Å². The minimum Gasteiger partial charge on any atom is -0.370 e. The van der Waals surface area contributed by atoms with E-state index >= 15 is 0 Å². The van der Waals surface area contributed by atoms with Gasteiger partial charge in [-0.1, -0.05) is 26.8 Å². The highest BCUT2D eigenvalue weighted by atomic mass is 16.1. The first-order valence-electron chi connectivity index (χ1n) is 5.84. The van der Waals surface area contributed by atoms with Gasteiger partial charge in [0.2, 0.25) is 5.91 Å². The highest BCUT2D eigenvalue weighted by molar-refractivity contribution is 5.76. The van der Waals surface area contributed by atoms with Gasteiger partial charge < -0.3 is 10.6 Å². The van der Waals surface area contributed by atoms with Crippen LogP contribution in [0.5, 0.6) is 0 Å². The predicted molar refractivity (Wildman–Crippen MR) is 70.1 cm³/mol. The summed E-state index contributed by atoms with van der Waals surface area (Å²) in [5.74, 6) is 0.839. The second-order valence-electron chi connectivity index (χ2n) is 5.03. The first-order chi connectivity index (χ1) is 7.93. The van der Waals surface area contributed by atoms with E-state index in [2.05, 4.69) is 42.5 Å².